The van der Waals surface area contributed by atoms with E-state index in [9.17, 15) is 4.79 Å². The highest BCUT2D eigenvalue weighted by Crippen LogP contribution is 2.33. The van der Waals surface area contributed by atoms with Crippen molar-refractivity contribution in [1.29, 1.82) is 0 Å². The molecule has 3 aromatic heterocycles. The molecule has 0 atom stereocenters. The van der Waals surface area contributed by atoms with Gasteiger partial charge in [-0.3, -0.25) is 4.90 Å². The van der Waals surface area contributed by atoms with E-state index in [0.29, 0.717) is 6.54 Å². The van der Waals surface area contributed by atoms with Crippen LogP contribution in [0.2, 0.25) is 0 Å². The van der Waals surface area contributed by atoms with Crippen LogP contribution in [0.4, 0.5) is 15.6 Å². The maximum Gasteiger partial charge on any atom is 0.320 e. The Balaban J connectivity index is 1.02. The molecule has 7 rings (SSSR count). The number of fused-ring (bicyclic) bond motifs is 2. The van der Waals surface area contributed by atoms with Crippen LogP contribution in [0.1, 0.15) is 37.8 Å². The molecule has 9 heteroatoms. The lowest BCUT2D eigenvalue weighted by atomic mass is 10.0. The van der Waals surface area contributed by atoms with Crippen molar-refractivity contribution in [2.75, 3.05) is 44.6 Å². The molecule has 3 aliphatic rings. The molecule has 0 spiro atoms. The predicted octanol–water partition coefficient (Wildman–Crippen LogP) is 5.69. The van der Waals surface area contributed by atoms with E-state index >= 15 is 0 Å². The molecule has 196 valence electrons. The van der Waals surface area contributed by atoms with Gasteiger partial charge in [-0.25, -0.2) is 14.8 Å². The Morgan fingerprint density at radius 3 is 2.66 bits per heavy atom. The fourth-order valence-corrected chi connectivity index (χ4v) is 7.06. The Labute approximate surface area is 226 Å². The zero-order valence-electron chi connectivity index (χ0n) is 21.5. The van der Waals surface area contributed by atoms with E-state index in [1.165, 1.54) is 31.3 Å². The van der Waals surface area contributed by atoms with E-state index in [0.717, 1.165) is 82.9 Å². The first kappa shape index (κ1) is 23.7. The average molecular weight is 528 g/mol. The van der Waals surface area contributed by atoms with Gasteiger partial charge in [-0.05, 0) is 49.1 Å². The van der Waals surface area contributed by atoms with Crippen molar-refractivity contribution in [2.45, 2.75) is 38.1 Å². The molecule has 2 fully saturated rings. The van der Waals surface area contributed by atoms with Crippen molar-refractivity contribution in [3.05, 3.63) is 54.4 Å². The summed E-state index contributed by atoms with van der Waals surface area (Å²) >= 11 is 1.65. The van der Waals surface area contributed by atoms with E-state index in [1.807, 2.05) is 35.4 Å². The number of hydrogen-bond acceptors (Lipinski definition) is 6. The van der Waals surface area contributed by atoms with Gasteiger partial charge < -0.3 is 20.1 Å². The monoisotopic (exact) mass is 527 g/mol. The van der Waals surface area contributed by atoms with Crippen LogP contribution in [-0.4, -0.2) is 81.0 Å². The Kier molecular flexibility index (Phi) is 6.25. The molecule has 2 amide bonds. The van der Waals surface area contributed by atoms with Crippen LogP contribution in [0, 0.1) is 0 Å². The van der Waals surface area contributed by atoms with E-state index in [-0.39, 0.29) is 6.03 Å². The van der Waals surface area contributed by atoms with Gasteiger partial charge in [0.05, 0.1) is 15.9 Å². The number of nitrogens with zero attached hydrogens (tertiary/aromatic N) is 5. The van der Waals surface area contributed by atoms with Gasteiger partial charge in [0.2, 0.25) is 0 Å². The summed E-state index contributed by atoms with van der Waals surface area (Å²) in [4.78, 5) is 32.7. The van der Waals surface area contributed by atoms with Crippen LogP contribution in [0.5, 0.6) is 0 Å². The number of carbonyl (C=O) groups is 1. The summed E-state index contributed by atoms with van der Waals surface area (Å²) in [6.07, 6.45) is 10.2. The number of benzene rings is 1. The highest BCUT2D eigenvalue weighted by molar-refractivity contribution is 7.22. The van der Waals surface area contributed by atoms with Crippen LogP contribution in [0.3, 0.4) is 0 Å². The Morgan fingerprint density at radius 2 is 1.87 bits per heavy atom. The summed E-state index contributed by atoms with van der Waals surface area (Å²) in [6.45, 7) is 5.12. The van der Waals surface area contributed by atoms with Crippen LogP contribution in [0.15, 0.2) is 48.7 Å². The molecule has 2 N–H and O–H groups in total. The first-order valence-electron chi connectivity index (χ1n) is 13.8. The Hall–Kier alpha value is -3.43. The van der Waals surface area contributed by atoms with Gasteiger partial charge in [-0.15, -0.1) is 0 Å². The first-order chi connectivity index (χ1) is 18.7. The van der Waals surface area contributed by atoms with Gasteiger partial charge in [-0.2, -0.15) is 0 Å². The lowest BCUT2D eigenvalue weighted by molar-refractivity contribution is 0.0936. The van der Waals surface area contributed by atoms with Crippen molar-refractivity contribution >= 4 is 55.0 Å². The van der Waals surface area contributed by atoms with Crippen molar-refractivity contribution in [3.63, 3.8) is 0 Å². The number of rotatable bonds is 4. The first-order valence-corrected chi connectivity index (χ1v) is 14.6. The molecule has 1 saturated heterocycles. The second kappa shape index (κ2) is 10.0. The Morgan fingerprint density at radius 1 is 1.03 bits per heavy atom. The van der Waals surface area contributed by atoms with Crippen molar-refractivity contribution in [1.82, 2.24) is 29.7 Å². The summed E-state index contributed by atoms with van der Waals surface area (Å²) in [7, 11) is 0. The van der Waals surface area contributed by atoms with Gasteiger partial charge >= 0.3 is 6.03 Å². The minimum Gasteiger partial charge on any atom is -0.339 e. The molecule has 0 radical (unpaired) electrons. The maximum absolute atomic E-state index is 13.2. The lowest BCUT2D eigenvalue weighted by Crippen LogP contribution is -2.55. The summed E-state index contributed by atoms with van der Waals surface area (Å²) in [6, 6.07) is 13.3. The second-order valence-corrected chi connectivity index (χ2v) is 11.6. The lowest BCUT2D eigenvalue weighted by Gasteiger charge is -2.40. The number of H-pyrrole nitrogens is 1. The third-order valence-corrected chi connectivity index (χ3v) is 9.27. The topological polar surface area (TPSA) is 80.4 Å². The molecule has 0 unspecified atom stereocenters. The number of para-hydroxylation sites is 1. The van der Waals surface area contributed by atoms with E-state index < -0.39 is 0 Å². The molecule has 38 heavy (non-hydrogen) atoms. The highest BCUT2D eigenvalue weighted by atomic mass is 32.1. The van der Waals surface area contributed by atoms with Gasteiger partial charge in [0.25, 0.3) is 0 Å². The molecule has 1 saturated carbocycles. The zero-order valence-corrected chi connectivity index (χ0v) is 22.3. The third kappa shape index (κ3) is 4.54. The number of carbonyl (C=O) groups excluding carboxylic acids is 1. The number of hydrogen-bond donors (Lipinski definition) is 2. The third-order valence-electron chi connectivity index (χ3n) is 8.32. The zero-order chi connectivity index (χ0) is 25.5. The number of pyridine rings is 1. The number of aromatic nitrogens is 3. The van der Waals surface area contributed by atoms with Gasteiger partial charge in [0.15, 0.2) is 5.13 Å². The predicted molar refractivity (Wildman–Crippen MR) is 154 cm³/mol. The van der Waals surface area contributed by atoms with Gasteiger partial charge in [-0.1, -0.05) is 42.4 Å². The standard InChI is InChI=1S/C29H33N7OS/c37-29(36-17-15-34(16-18-36)21-5-1-2-6-21)35-13-10-20(11-14-35)25-19-22-23(9-12-30-27(22)31-25)32-28-33-24-7-3-4-8-26(24)38-28/h3-4,7-10,12,19,21H,1-2,5-6,11,13-18H2,(H2,30,31,32,33). The molecule has 1 aromatic carbocycles. The molecule has 2 aliphatic heterocycles. The van der Waals surface area contributed by atoms with Crippen LogP contribution in [0.25, 0.3) is 26.8 Å². The maximum atomic E-state index is 13.2. The smallest absolute Gasteiger partial charge is 0.320 e. The summed E-state index contributed by atoms with van der Waals surface area (Å²) < 4.78 is 1.16. The quantitative estimate of drug-likeness (QED) is 0.357. The number of aromatic amines is 1. The molecule has 5 heterocycles. The highest BCUT2D eigenvalue weighted by Gasteiger charge is 2.30. The SMILES string of the molecule is O=C(N1CC=C(c2cc3c(Nc4nc5ccccc5s4)ccnc3[nH]2)CC1)N1CCN(C2CCCC2)CC1. The van der Waals surface area contributed by atoms with E-state index in [2.05, 4.69) is 43.3 Å². The van der Waals surface area contributed by atoms with E-state index in [4.69, 9.17) is 4.98 Å². The number of thiazole rings is 1. The summed E-state index contributed by atoms with van der Waals surface area (Å²) in [5.74, 6) is 0. The molecule has 8 nitrogen and oxygen atoms in total. The van der Waals surface area contributed by atoms with Crippen LogP contribution in [-0.2, 0) is 0 Å². The molecule has 1 aliphatic carbocycles. The molecular weight excluding hydrogens is 494 g/mol. The normalized spacial score (nSPS) is 19.4. The number of nitrogens with one attached hydrogen (secondary N) is 2. The molecule has 0 bridgehead atoms. The van der Waals surface area contributed by atoms with Gasteiger partial charge in [0.1, 0.15) is 5.65 Å². The minimum atomic E-state index is 0.187. The largest absolute Gasteiger partial charge is 0.339 e. The van der Waals surface area contributed by atoms with E-state index in [1.54, 1.807) is 11.3 Å². The van der Waals surface area contributed by atoms with Crippen LogP contribution >= 0.6 is 11.3 Å². The number of amides is 2. The van der Waals surface area contributed by atoms with Gasteiger partial charge in [0, 0.05) is 62.6 Å². The van der Waals surface area contributed by atoms with Crippen molar-refractivity contribution < 1.29 is 4.79 Å². The molecule has 4 aromatic rings. The van der Waals surface area contributed by atoms with Crippen LogP contribution < -0.4 is 5.32 Å². The fraction of sp³-hybridized carbons (Fsp3) is 0.414. The summed E-state index contributed by atoms with van der Waals surface area (Å²) in [5, 5.41) is 5.41. The minimum absolute atomic E-state index is 0.187. The fourth-order valence-electron chi connectivity index (χ4n) is 6.19. The number of urea groups is 1. The average Bonchev–Trinajstić information content (AvgIpc) is 3.73. The summed E-state index contributed by atoms with van der Waals surface area (Å²) in [5.41, 5.74) is 5.15. The van der Waals surface area contributed by atoms with Crippen molar-refractivity contribution in [2.24, 2.45) is 0 Å². The number of piperazine rings is 1. The Bertz CT molecular complexity index is 1460. The van der Waals surface area contributed by atoms with Crippen molar-refractivity contribution in [3.8, 4) is 0 Å². The second-order valence-electron chi connectivity index (χ2n) is 10.6. The number of anilines is 2. The molecular formula is C29H33N7OS.